The first-order valence-corrected chi connectivity index (χ1v) is 10.8. The lowest BCUT2D eigenvalue weighted by Gasteiger charge is -2.23. The van der Waals surface area contributed by atoms with Crippen LogP contribution in [0.2, 0.25) is 0 Å². The van der Waals surface area contributed by atoms with Crippen LogP contribution in [0.5, 0.6) is 0 Å². The average molecular weight is 437 g/mol. The van der Waals surface area contributed by atoms with Crippen molar-refractivity contribution in [1.29, 1.82) is 0 Å². The van der Waals surface area contributed by atoms with Gasteiger partial charge in [-0.05, 0) is 24.5 Å². The van der Waals surface area contributed by atoms with Crippen molar-refractivity contribution in [2.45, 2.75) is 44.8 Å². The third-order valence-corrected chi connectivity index (χ3v) is 6.02. The summed E-state index contributed by atoms with van der Waals surface area (Å²) in [5.74, 6) is -0.313. The molecule has 0 bridgehead atoms. The van der Waals surface area contributed by atoms with E-state index < -0.39 is 23.4 Å². The van der Waals surface area contributed by atoms with E-state index in [2.05, 4.69) is 4.98 Å². The number of rotatable bonds is 8. The summed E-state index contributed by atoms with van der Waals surface area (Å²) in [7, 11) is 0. The predicted molar refractivity (Wildman–Crippen MR) is 120 cm³/mol. The molecule has 0 amide bonds. The Kier molecular flexibility index (Phi) is 6.99. The number of benzene rings is 2. The molecule has 0 spiro atoms. The zero-order valence-electron chi connectivity index (χ0n) is 18.0. The zero-order valence-corrected chi connectivity index (χ0v) is 18.0. The van der Waals surface area contributed by atoms with Crippen LogP contribution in [0.1, 0.15) is 29.2 Å². The number of ether oxygens (including phenoxy) is 2. The van der Waals surface area contributed by atoms with Crippen LogP contribution in [-0.4, -0.2) is 33.5 Å². The molecule has 2 aromatic carbocycles. The number of aromatic amines is 1. The summed E-state index contributed by atoms with van der Waals surface area (Å²) in [4.78, 5) is 26.5. The fourth-order valence-corrected chi connectivity index (χ4v) is 4.23. The molecule has 32 heavy (non-hydrogen) atoms. The Bertz CT molecular complexity index is 1130. The zero-order chi connectivity index (χ0) is 22.5. The van der Waals surface area contributed by atoms with Crippen LogP contribution in [0.3, 0.4) is 0 Å². The maximum atomic E-state index is 12.4. The SMILES string of the molecule is Cc1cn(C2CC(OCc3ccccc3)C(COCc3ccccc3)C2O)c(=O)[nH]c1=O. The van der Waals surface area contributed by atoms with Gasteiger partial charge in [-0.15, -0.1) is 0 Å². The summed E-state index contributed by atoms with van der Waals surface area (Å²) in [5.41, 5.74) is 1.55. The molecule has 1 saturated carbocycles. The van der Waals surface area contributed by atoms with Crippen molar-refractivity contribution in [3.8, 4) is 0 Å². The van der Waals surface area contributed by atoms with E-state index in [0.717, 1.165) is 11.1 Å². The second-order valence-corrected chi connectivity index (χ2v) is 8.27. The Labute approximate surface area is 186 Å². The van der Waals surface area contributed by atoms with Crippen molar-refractivity contribution in [1.82, 2.24) is 9.55 Å². The van der Waals surface area contributed by atoms with E-state index in [4.69, 9.17) is 9.47 Å². The van der Waals surface area contributed by atoms with Crippen LogP contribution < -0.4 is 11.2 Å². The minimum absolute atomic E-state index is 0.295. The first-order valence-electron chi connectivity index (χ1n) is 10.8. The molecular weight excluding hydrogens is 408 g/mol. The summed E-state index contributed by atoms with van der Waals surface area (Å²) < 4.78 is 13.5. The summed E-state index contributed by atoms with van der Waals surface area (Å²) in [6, 6.07) is 19.1. The molecule has 3 aromatic rings. The fourth-order valence-electron chi connectivity index (χ4n) is 4.23. The van der Waals surface area contributed by atoms with Gasteiger partial charge in [-0.3, -0.25) is 14.3 Å². The van der Waals surface area contributed by atoms with Gasteiger partial charge in [-0.2, -0.15) is 0 Å². The van der Waals surface area contributed by atoms with Gasteiger partial charge in [0, 0.05) is 17.7 Å². The number of hydrogen-bond acceptors (Lipinski definition) is 5. The van der Waals surface area contributed by atoms with Crippen molar-refractivity contribution < 1.29 is 14.6 Å². The maximum absolute atomic E-state index is 12.4. The molecule has 0 aliphatic heterocycles. The van der Waals surface area contributed by atoms with E-state index in [9.17, 15) is 14.7 Å². The van der Waals surface area contributed by atoms with E-state index in [0.29, 0.717) is 31.8 Å². The molecule has 4 rings (SSSR count). The van der Waals surface area contributed by atoms with Gasteiger partial charge in [0.2, 0.25) is 0 Å². The monoisotopic (exact) mass is 436 g/mol. The van der Waals surface area contributed by atoms with Gasteiger partial charge in [-0.1, -0.05) is 60.7 Å². The van der Waals surface area contributed by atoms with Gasteiger partial charge < -0.3 is 14.6 Å². The quantitative estimate of drug-likeness (QED) is 0.566. The molecule has 0 saturated heterocycles. The number of aliphatic hydroxyl groups is 1. The Morgan fingerprint density at radius 2 is 1.62 bits per heavy atom. The first-order chi connectivity index (χ1) is 15.5. The molecule has 7 heteroatoms. The lowest BCUT2D eigenvalue weighted by atomic mass is 10.0. The number of hydrogen-bond donors (Lipinski definition) is 2. The summed E-state index contributed by atoms with van der Waals surface area (Å²) >= 11 is 0. The van der Waals surface area contributed by atoms with Crippen LogP contribution >= 0.6 is 0 Å². The van der Waals surface area contributed by atoms with Crippen LogP contribution in [0, 0.1) is 12.8 Å². The van der Waals surface area contributed by atoms with Crippen LogP contribution in [0.25, 0.3) is 0 Å². The smallest absolute Gasteiger partial charge is 0.328 e. The molecule has 168 valence electrons. The molecule has 1 heterocycles. The molecule has 7 nitrogen and oxygen atoms in total. The van der Waals surface area contributed by atoms with E-state index in [1.807, 2.05) is 60.7 Å². The molecule has 4 unspecified atom stereocenters. The molecule has 4 atom stereocenters. The molecular formula is C25H28N2O5. The summed E-state index contributed by atoms with van der Waals surface area (Å²) in [6.07, 6.45) is 0.801. The lowest BCUT2D eigenvalue weighted by molar-refractivity contribution is -0.0476. The number of aromatic nitrogens is 2. The minimum atomic E-state index is -0.852. The van der Waals surface area contributed by atoms with Gasteiger partial charge in [-0.25, -0.2) is 4.79 Å². The third-order valence-electron chi connectivity index (χ3n) is 6.02. The first kappa shape index (κ1) is 22.2. The van der Waals surface area contributed by atoms with E-state index in [1.165, 1.54) is 10.8 Å². The van der Waals surface area contributed by atoms with Crippen LogP contribution in [-0.2, 0) is 22.7 Å². The topological polar surface area (TPSA) is 93.6 Å². The minimum Gasteiger partial charge on any atom is -0.390 e. The Balaban J connectivity index is 1.51. The highest BCUT2D eigenvalue weighted by atomic mass is 16.5. The number of H-pyrrole nitrogens is 1. The number of nitrogens with one attached hydrogen (secondary N) is 1. The van der Waals surface area contributed by atoms with E-state index in [-0.39, 0.29) is 12.0 Å². The largest absolute Gasteiger partial charge is 0.390 e. The predicted octanol–water partition coefficient (Wildman–Crippen LogP) is 2.57. The average Bonchev–Trinajstić information content (AvgIpc) is 3.11. The van der Waals surface area contributed by atoms with Crippen molar-refractivity contribution in [3.05, 3.63) is 104 Å². The highest BCUT2D eigenvalue weighted by Gasteiger charge is 2.44. The molecule has 1 aromatic heterocycles. The van der Waals surface area contributed by atoms with Crippen molar-refractivity contribution in [2.75, 3.05) is 6.61 Å². The van der Waals surface area contributed by atoms with Gasteiger partial charge in [0.05, 0.1) is 38.1 Å². The number of aryl methyl sites for hydroxylation is 1. The van der Waals surface area contributed by atoms with Crippen LogP contribution in [0.4, 0.5) is 0 Å². The molecule has 1 aliphatic carbocycles. The number of aliphatic hydroxyl groups excluding tert-OH is 1. The van der Waals surface area contributed by atoms with Crippen LogP contribution in [0.15, 0.2) is 76.4 Å². The Morgan fingerprint density at radius 3 is 2.28 bits per heavy atom. The summed E-state index contributed by atoms with van der Waals surface area (Å²) in [5, 5.41) is 11.1. The summed E-state index contributed by atoms with van der Waals surface area (Å²) in [6.45, 7) is 2.76. The maximum Gasteiger partial charge on any atom is 0.328 e. The lowest BCUT2D eigenvalue weighted by Crippen LogP contribution is -2.37. The molecule has 2 N–H and O–H groups in total. The fraction of sp³-hybridized carbons (Fsp3) is 0.360. The van der Waals surface area contributed by atoms with E-state index >= 15 is 0 Å². The Morgan fingerprint density at radius 1 is 1.00 bits per heavy atom. The van der Waals surface area contributed by atoms with Crippen molar-refractivity contribution in [3.63, 3.8) is 0 Å². The normalized spacial score (nSPS) is 22.8. The third kappa shape index (κ3) is 5.07. The Hall–Kier alpha value is -3.00. The molecule has 0 radical (unpaired) electrons. The number of nitrogens with zero attached hydrogens (tertiary/aromatic N) is 1. The van der Waals surface area contributed by atoms with Gasteiger partial charge in [0.1, 0.15) is 0 Å². The van der Waals surface area contributed by atoms with Gasteiger partial charge in [0.15, 0.2) is 0 Å². The second kappa shape index (κ2) is 10.1. The van der Waals surface area contributed by atoms with Gasteiger partial charge >= 0.3 is 5.69 Å². The standard InChI is InChI=1S/C25H28N2O5/c1-17-13-27(25(30)26-24(17)29)21-12-22(32-15-19-10-6-3-7-11-19)20(23(21)28)16-31-14-18-8-4-2-5-9-18/h2-11,13,20-23,28H,12,14-16H2,1H3,(H,26,29,30). The molecule has 1 fully saturated rings. The highest BCUT2D eigenvalue weighted by Crippen LogP contribution is 2.37. The highest BCUT2D eigenvalue weighted by molar-refractivity contribution is 5.14. The van der Waals surface area contributed by atoms with Crippen molar-refractivity contribution in [2.24, 2.45) is 5.92 Å². The molecule has 1 aliphatic rings. The second-order valence-electron chi connectivity index (χ2n) is 8.27. The van der Waals surface area contributed by atoms with E-state index in [1.54, 1.807) is 6.92 Å². The van der Waals surface area contributed by atoms with Gasteiger partial charge in [0.25, 0.3) is 5.56 Å². The van der Waals surface area contributed by atoms with Crippen molar-refractivity contribution >= 4 is 0 Å².